The Morgan fingerprint density at radius 2 is 2.04 bits per heavy atom. The van der Waals surface area contributed by atoms with Gasteiger partial charge in [-0.15, -0.1) is 0 Å². The van der Waals surface area contributed by atoms with E-state index >= 15 is 0 Å². The van der Waals surface area contributed by atoms with Gasteiger partial charge < -0.3 is 14.7 Å². The van der Waals surface area contributed by atoms with Crippen LogP contribution in [-0.2, 0) is 6.54 Å². The molecule has 25 heavy (non-hydrogen) atoms. The zero-order chi connectivity index (χ0) is 18.0. The van der Waals surface area contributed by atoms with Crippen LogP contribution in [0.25, 0.3) is 0 Å². The van der Waals surface area contributed by atoms with Crippen molar-refractivity contribution in [2.75, 3.05) is 18.1 Å². The lowest BCUT2D eigenvalue weighted by Crippen LogP contribution is -2.32. The van der Waals surface area contributed by atoms with E-state index in [1.165, 1.54) is 4.68 Å². The summed E-state index contributed by atoms with van der Waals surface area (Å²) in [5.41, 5.74) is 0.193. The summed E-state index contributed by atoms with van der Waals surface area (Å²) in [7, 11) is 0. The van der Waals surface area contributed by atoms with E-state index in [4.69, 9.17) is 27.9 Å². The highest BCUT2D eigenvalue weighted by molar-refractivity contribution is 6.33. The van der Waals surface area contributed by atoms with Crippen LogP contribution in [0.15, 0.2) is 35.3 Å². The van der Waals surface area contributed by atoms with E-state index in [9.17, 15) is 9.90 Å². The van der Waals surface area contributed by atoms with Crippen LogP contribution in [-0.4, -0.2) is 40.2 Å². The van der Waals surface area contributed by atoms with E-state index in [0.717, 1.165) is 0 Å². The topological polar surface area (TPSA) is 67.6 Å². The first kappa shape index (κ1) is 18.0. The predicted octanol–water partition coefficient (Wildman–Crippen LogP) is 2.59. The molecule has 0 saturated carbocycles. The predicted molar refractivity (Wildman–Crippen MR) is 97.9 cm³/mol. The smallest absolute Gasteiger partial charge is 0.287 e. The van der Waals surface area contributed by atoms with Gasteiger partial charge in [-0.05, 0) is 37.6 Å². The molecule has 2 atom stereocenters. The molecule has 1 saturated heterocycles. The Hall–Kier alpha value is -1.76. The Labute approximate surface area is 155 Å². The van der Waals surface area contributed by atoms with Gasteiger partial charge in [-0.25, -0.2) is 4.68 Å². The molecule has 2 heterocycles. The van der Waals surface area contributed by atoms with Gasteiger partial charge in [0.2, 0.25) is 0 Å². The van der Waals surface area contributed by atoms with Crippen LogP contribution in [0.1, 0.15) is 13.3 Å². The van der Waals surface area contributed by atoms with Gasteiger partial charge in [0.1, 0.15) is 17.4 Å². The molecular weight excluding hydrogens is 365 g/mol. The van der Waals surface area contributed by atoms with Gasteiger partial charge in [0.05, 0.1) is 24.5 Å². The molecule has 6 nitrogen and oxygen atoms in total. The molecule has 0 radical (unpaired) electrons. The number of halogens is 2. The number of hydrogen-bond acceptors (Lipinski definition) is 5. The lowest BCUT2D eigenvalue weighted by atomic mass is 10.2. The summed E-state index contributed by atoms with van der Waals surface area (Å²) in [6.45, 7) is 2.99. The summed E-state index contributed by atoms with van der Waals surface area (Å²) in [5, 5.41) is 14.7. The molecule has 1 aromatic carbocycles. The Balaban J connectivity index is 1.68. The molecule has 0 spiro atoms. The number of rotatable bonds is 5. The second-order valence-electron chi connectivity index (χ2n) is 6.07. The van der Waals surface area contributed by atoms with Gasteiger partial charge in [0.25, 0.3) is 5.56 Å². The Morgan fingerprint density at radius 1 is 1.32 bits per heavy atom. The molecule has 1 N–H and O–H groups in total. The minimum Gasteiger partial charge on any atom is -0.492 e. The average Bonchev–Trinajstić information content (AvgIpc) is 2.92. The van der Waals surface area contributed by atoms with Crippen LogP contribution in [0.4, 0.5) is 5.69 Å². The number of benzene rings is 1. The summed E-state index contributed by atoms with van der Waals surface area (Å²) in [6, 6.07) is 7.10. The monoisotopic (exact) mass is 383 g/mol. The zero-order valence-electron chi connectivity index (χ0n) is 13.7. The van der Waals surface area contributed by atoms with Crippen molar-refractivity contribution in [2.24, 2.45) is 0 Å². The Kier molecular flexibility index (Phi) is 5.51. The molecule has 8 heteroatoms. The van der Waals surface area contributed by atoms with Gasteiger partial charge in [-0.1, -0.05) is 23.2 Å². The van der Waals surface area contributed by atoms with E-state index in [2.05, 4.69) is 5.10 Å². The molecule has 0 bridgehead atoms. The minimum atomic E-state index is -0.415. The first-order chi connectivity index (χ1) is 12.0. The summed E-state index contributed by atoms with van der Waals surface area (Å²) < 4.78 is 6.85. The molecule has 3 rings (SSSR count). The minimum absolute atomic E-state index is 0.109. The van der Waals surface area contributed by atoms with Crippen molar-refractivity contribution in [3.63, 3.8) is 0 Å². The second-order valence-corrected chi connectivity index (χ2v) is 6.88. The Morgan fingerprint density at radius 3 is 2.68 bits per heavy atom. The van der Waals surface area contributed by atoms with Gasteiger partial charge in [0.15, 0.2) is 0 Å². The second kappa shape index (κ2) is 7.64. The first-order valence-corrected chi connectivity index (χ1v) is 8.80. The van der Waals surface area contributed by atoms with Crippen molar-refractivity contribution >= 4 is 28.9 Å². The summed E-state index contributed by atoms with van der Waals surface area (Å²) in [5.74, 6) is 0.667. The van der Waals surface area contributed by atoms with Crippen molar-refractivity contribution < 1.29 is 9.84 Å². The summed E-state index contributed by atoms with van der Waals surface area (Å²) in [6.07, 6.45) is 1.80. The van der Waals surface area contributed by atoms with Crippen molar-refractivity contribution in [2.45, 2.75) is 32.0 Å². The molecule has 134 valence electrons. The lowest BCUT2D eigenvalue weighted by Gasteiger charge is -2.24. The number of anilines is 1. The largest absolute Gasteiger partial charge is 0.492 e. The van der Waals surface area contributed by atoms with E-state index in [1.54, 1.807) is 30.5 Å². The number of ether oxygens (including phenoxy) is 1. The lowest BCUT2D eigenvalue weighted by molar-refractivity contribution is 0.195. The quantitative estimate of drug-likeness (QED) is 0.859. The van der Waals surface area contributed by atoms with E-state index in [1.807, 2.05) is 11.8 Å². The molecular formula is C17H19Cl2N3O3. The maximum absolute atomic E-state index is 12.4. The molecule has 0 unspecified atom stereocenters. The van der Waals surface area contributed by atoms with Crippen LogP contribution in [0.5, 0.6) is 5.75 Å². The number of β-amino-alcohol motifs (C(OH)–C–C–N with tert-alkyl or cyclic N) is 1. The van der Waals surface area contributed by atoms with Crippen LogP contribution < -0.4 is 15.2 Å². The number of aliphatic hydroxyl groups is 1. The van der Waals surface area contributed by atoms with Gasteiger partial charge in [-0.2, -0.15) is 5.10 Å². The maximum Gasteiger partial charge on any atom is 0.287 e. The SMILES string of the molecule is C[C@@H]1C[C@H](O)CN1c1cnn(CCOc2ccc(Cl)cc2)c(=O)c1Cl. The fourth-order valence-electron chi connectivity index (χ4n) is 2.93. The van der Waals surface area contributed by atoms with E-state index in [0.29, 0.717) is 29.4 Å². The summed E-state index contributed by atoms with van der Waals surface area (Å²) >= 11 is 12.1. The molecule has 0 amide bonds. The number of hydrogen-bond donors (Lipinski definition) is 1. The normalized spacial score (nSPS) is 20.1. The van der Waals surface area contributed by atoms with E-state index in [-0.39, 0.29) is 29.8 Å². The van der Waals surface area contributed by atoms with Crippen molar-refractivity contribution in [1.82, 2.24) is 9.78 Å². The Bertz CT molecular complexity index is 795. The highest BCUT2D eigenvalue weighted by Gasteiger charge is 2.30. The zero-order valence-corrected chi connectivity index (χ0v) is 15.2. The average molecular weight is 384 g/mol. The van der Waals surface area contributed by atoms with Crippen LogP contribution >= 0.6 is 23.2 Å². The highest BCUT2D eigenvalue weighted by Crippen LogP contribution is 2.29. The van der Waals surface area contributed by atoms with Gasteiger partial charge in [-0.3, -0.25) is 4.79 Å². The third-order valence-corrected chi connectivity index (χ3v) is 4.82. The first-order valence-electron chi connectivity index (χ1n) is 8.04. The molecule has 1 aromatic heterocycles. The van der Waals surface area contributed by atoms with Gasteiger partial charge in [0, 0.05) is 17.6 Å². The van der Waals surface area contributed by atoms with Crippen molar-refractivity contribution in [3.8, 4) is 5.75 Å². The third kappa shape index (κ3) is 4.08. The van der Waals surface area contributed by atoms with E-state index < -0.39 is 6.10 Å². The third-order valence-electron chi connectivity index (χ3n) is 4.21. The number of aliphatic hydroxyl groups excluding tert-OH is 1. The van der Waals surface area contributed by atoms with Crippen LogP contribution in [0, 0.1) is 0 Å². The molecule has 1 fully saturated rings. The highest BCUT2D eigenvalue weighted by atomic mass is 35.5. The number of aromatic nitrogens is 2. The molecule has 1 aliphatic rings. The fraction of sp³-hybridized carbons (Fsp3) is 0.412. The van der Waals surface area contributed by atoms with Crippen LogP contribution in [0.3, 0.4) is 0 Å². The number of nitrogens with zero attached hydrogens (tertiary/aromatic N) is 3. The summed E-state index contributed by atoms with van der Waals surface area (Å²) in [4.78, 5) is 14.3. The molecule has 1 aliphatic heterocycles. The van der Waals surface area contributed by atoms with Gasteiger partial charge >= 0.3 is 0 Å². The molecule has 2 aromatic rings. The van der Waals surface area contributed by atoms with Crippen LogP contribution in [0.2, 0.25) is 10.0 Å². The van der Waals surface area contributed by atoms with Crippen molar-refractivity contribution in [3.05, 3.63) is 50.9 Å². The van der Waals surface area contributed by atoms with Crippen molar-refractivity contribution in [1.29, 1.82) is 0 Å². The standard InChI is InChI=1S/C17H19Cl2N3O3/c1-11-8-13(23)10-21(11)15-9-20-22(17(24)16(15)19)6-7-25-14-4-2-12(18)3-5-14/h2-5,9,11,13,23H,6-8,10H2,1H3/t11-,13+/m1/s1. The molecule has 0 aliphatic carbocycles. The fourth-order valence-corrected chi connectivity index (χ4v) is 3.32. The maximum atomic E-state index is 12.4.